The minimum Gasteiger partial charge on any atom is -0.391 e. The molecule has 1 amide bonds. The van der Waals surface area contributed by atoms with Gasteiger partial charge in [0.1, 0.15) is 0 Å². The largest absolute Gasteiger partial charge is 0.391 e. The van der Waals surface area contributed by atoms with E-state index >= 15 is 0 Å². The van der Waals surface area contributed by atoms with E-state index in [1.807, 2.05) is 18.2 Å². The average molecular weight is 307 g/mol. The Kier molecular flexibility index (Phi) is 4.35. The fourth-order valence-corrected chi connectivity index (χ4v) is 2.98. The molecule has 1 N–H and O–H groups in total. The van der Waals surface area contributed by atoms with Gasteiger partial charge in [0.25, 0.3) is 5.91 Å². The number of benzene rings is 1. The Bertz CT molecular complexity index is 739. The number of hydrogen-bond donors (Lipinski definition) is 1. The van der Waals surface area contributed by atoms with Gasteiger partial charge in [-0.05, 0) is 42.7 Å². The van der Waals surface area contributed by atoms with Crippen LogP contribution in [0.15, 0.2) is 48.8 Å². The summed E-state index contributed by atoms with van der Waals surface area (Å²) in [6.07, 6.45) is 4.04. The highest BCUT2D eigenvalue weighted by Crippen LogP contribution is 2.24. The number of pyridine rings is 1. The molecule has 1 aliphatic heterocycles. The minimum absolute atomic E-state index is 0.146. The number of aliphatic hydroxyl groups is 1. The molecule has 1 aromatic carbocycles. The van der Waals surface area contributed by atoms with E-state index in [-0.39, 0.29) is 11.9 Å². The first-order valence-electron chi connectivity index (χ1n) is 7.57. The first-order chi connectivity index (χ1) is 11.2. The van der Waals surface area contributed by atoms with Crippen molar-refractivity contribution in [1.29, 1.82) is 5.26 Å². The number of hydrogen-bond acceptors (Lipinski definition) is 4. The molecule has 0 aliphatic carbocycles. The zero-order valence-corrected chi connectivity index (χ0v) is 12.6. The summed E-state index contributed by atoms with van der Waals surface area (Å²) in [6, 6.07) is 12.2. The SMILES string of the molecule is N#Cc1cccc(C(=O)N2CC[C@@H](O)[C@@H]2Cc2cccnc2)c1. The van der Waals surface area contributed by atoms with Crippen molar-refractivity contribution in [3.05, 3.63) is 65.5 Å². The number of carbonyl (C=O) groups excluding carboxylic acids is 1. The molecule has 0 saturated carbocycles. The summed E-state index contributed by atoms with van der Waals surface area (Å²) >= 11 is 0. The van der Waals surface area contributed by atoms with E-state index in [0.717, 1.165) is 5.56 Å². The number of amides is 1. The van der Waals surface area contributed by atoms with Crippen LogP contribution < -0.4 is 0 Å². The van der Waals surface area contributed by atoms with E-state index in [0.29, 0.717) is 30.5 Å². The number of likely N-dealkylation sites (tertiary alicyclic amines) is 1. The molecule has 116 valence electrons. The van der Waals surface area contributed by atoms with E-state index in [2.05, 4.69) is 4.98 Å². The fraction of sp³-hybridized carbons (Fsp3) is 0.278. The van der Waals surface area contributed by atoms with Crippen molar-refractivity contribution < 1.29 is 9.90 Å². The van der Waals surface area contributed by atoms with E-state index in [4.69, 9.17) is 5.26 Å². The molecule has 5 heteroatoms. The molecule has 1 fully saturated rings. The van der Waals surface area contributed by atoms with Gasteiger partial charge in [-0.15, -0.1) is 0 Å². The molecule has 1 aliphatic rings. The van der Waals surface area contributed by atoms with Gasteiger partial charge >= 0.3 is 0 Å². The number of nitrogens with zero attached hydrogens (tertiary/aromatic N) is 3. The van der Waals surface area contributed by atoms with Crippen LogP contribution in [-0.2, 0) is 6.42 Å². The van der Waals surface area contributed by atoms with Gasteiger partial charge in [0, 0.05) is 24.5 Å². The molecule has 0 bridgehead atoms. The highest BCUT2D eigenvalue weighted by molar-refractivity contribution is 5.95. The second-order valence-corrected chi connectivity index (χ2v) is 5.68. The van der Waals surface area contributed by atoms with Crippen LogP contribution in [0.25, 0.3) is 0 Å². The Balaban J connectivity index is 1.82. The van der Waals surface area contributed by atoms with Gasteiger partial charge in [-0.1, -0.05) is 12.1 Å². The maximum absolute atomic E-state index is 12.8. The highest BCUT2D eigenvalue weighted by Gasteiger charge is 2.36. The third-order valence-electron chi connectivity index (χ3n) is 4.18. The molecule has 0 unspecified atom stereocenters. The summed E-state index contributed by atoms with van der Waals surface area (Å²) in [5, 5.41) is 19.2. The van der Waals surface area contributed by atoms with Crippen molar-refractivity contribution in [3.8, 4) is 6.07 Å². The number of nitriles is 1. The summed E-state index contributed by atoms with van der Waals surface area (Å²) < 4.78 is 0. The van der Waals surface area contributed by atoms with E-state index in [9.17, 15) is 9.90 Å². The highest BCUT2D eigenvalue weighted by atomic mass is 16.3. The van der Waals surface area contributed by atoms with Crippen LogP contribution in [0, 0.1) is 11.3 Å². The minimum atomic E-state index is -0.543. The van der Waals surface area contributed by atoms with Crippen LogP contribution in [0.1, 0.15) is 27.9 Å². The normalized spacial score (nSPS) is 20.3. The van der Waals surface area contributed by atoms with Crippen LogP contribution in [0.3, 0.4) is 0 Å². The first-order valence-corrected chi connectivity index (χ1v) is 7.57. The molecule has 1 saturated heterocycles. The van der Waals surface area contributed by atoms with E-state index < -0.39 is 6.10 Å². The Morgan fingerprint density at radius 2 is 2.26 bits per heavy atom. The van der Waals surface area contributed by atoms with E-state index in [1.54, 1.807) is 41.6 Å². The summed E-state index contributed by atoms with van der Waals surface area (Å²) in [5.74, 6) is -0.146. The van der Waals surface area contributed by atoms with Crippen molar-refractivity contribution in [3.63, 3.8) is 0 Å². The van der Waals surface area contributed by atoms with Gasteiger partial charge in [0.2, 0.25) is 0 Å². The molecule has 2 atom stereocenters. The molecule has 23 heavy (non-hydrogen) atoms. The van der Waals surface area contributed by atoms with Crippen LogP contribution in [0.4, 0.5) is 0 Å². The Labute approximate surface area is 134 Å². The summed E-state index contributed by atoms with van der Waals surface area (Å²) in [4.78, 5) is 18.5. The number of carbonyl (C=O) groups is 1. The lowest BCUT2D eigenvalue weighted by atomic mass is 10.0. The molecule has 0 radical (unpaired) electrons. The second kappa shape index (κ2) is 6.59. The maximum atomic E-state index is 12.8. The van der Waals surface area contributed by atoms with Crippen molar-refractivity contribution in [2.24, 2.45) is 0 Å². The lowest BCUT2D eigenvalue weighted by molar-refractivity contribution is 0.0640. The van der Waals surface area contributed by atoms with Crippen LogP contribution in [-0.4, -0.2) is 39.6 Å². The Hall–Kier alpha value is -2.71. The smallest absolute Gasteiger partial charge is 0.254 e. The fourth-order valence-electron chi connectivity index (χ4n) is 2.98. The predicted octanol–water partition coefficient (Wildman–Crippen LogP) is 1.77. The number of aliphatic hydroxyl groups excluding tert-OH is 1. The van der Waals surface area contributed by atoms with Crippen LogP contribution in [0.5, 0.6) is 0 Å². The zero-order chi connectivity index (χ0) is 16.2. The molecule has 1 aromatic heterocycles. The molecular formula is C18H17N3O2. The van der Waals surface area contributed by atoms with Crippen LogP contribution >= 0.6 is 0 Å². The standard InChI is InChI=1S/C18H17N3O2/c19-11-13-3-1-5-15(9-13)18(23)21-8-6-17(22)16(21)10-14-4-2-7-20-12-14/h1-5,7,9,12,16-17,22H,6,8,10H2/t16-,17+/m0/s1. The van der Waals surface area contributed by atoms with Gasteiger partial charge in [0.05, 0.1) is 23.8 Å². The monoisotopic (exact) mass is 307 g/mol. The third-order valence-corrected chi connectivity index (χ3v) is 4.18. The van der Waals surface area contributed by atoms with Crippen molar-refractivity contribution in [1.82, 2.24) is 9.88 Å². The zero-order valence-electron chi connectivity index (χ0n) is 12.6. The summed E-state index contributed by atoms with van der Waals surface area (Å²) in [5.41, 5.74) is 1.93. The summed E-state index contributed by atoms with van der Waals surface area (Å²) in [7, 11) is 0. The first kappa shape index (κ1) is 15.2. The van der Waals surface area contributed by atoms with Crippen molar-refractivity contribution in [2.45, 2.75) is 25.0 Å². The Morgan fingerprint density at radius 1 is 1.39 bits per heavy atom. The van der Waals surface area contributed by atoms with E-state index in [1.165, 1.54) is 0 Å². The van der Waals surface area contributed by atoms with Gasteiger partial charge in [-0.2, -0.15) is 5.26 Å². The molecule has 2 heterocycles. The average Bonchev–Trinajstić information content (AvgIpc) is 2.96. The topological polar surface area (TPSA) is 77.2 Å². The maximum Gasteiger partial charge on any atom is 0.254 e. The lowest BCUT2D eigenvalue weighted by Gasteiger charge is -2.26. The molecule has 0 spiro atoms. The lowest BCUT2D eigenvalue weighted by Crippen LogP contribution is -2.41. The number of aromatic nitrogens is 1. The van der Waals surface area contributed by atoms with Gasteiger partial charge in [-0.3, -0.25) is 9.78 Å². The third kappa shape index (κ3) is 3.22. The second-order valence-electron chi connectivity index (χ2n) is 5.68. The molecule has 5 nitrogen and oxygen atoms in total. The van der Waals surface area contributed by atoms with Crippen molar-refractivity contribution in [2.75, 3.05) is 6.54 Å². The Morgan fingerprint density at radius 3 is 3.00 bits per heavy atom. The summed E-state index contributed by atoms with van der Waals surface area (Å²) in [6.45, 7) is 0.516. The molecule has 2 aromatic rings. The van der Waals surface area contributed by atoms with Gasteiger partial charge in [0.15, 0.2) is 0 Å². The molecule has 3 rings (SSSR count). The molecular weight excluding hydrogens is 290 g/mol. The van der Waals surface area contributed by atoms with Crippen LogP contribution in [0.2, 0.25) is 0 Å². The van der Waals surface area contributed by atoms with Gasteiger partial charge < -0.3 is 10.0 Å². The predicted molar refractivity (Wildman–Crippen MR) is 84.5 cm³/mol. The number of rotatable bonds is 3. The van der Waals surface area contributed by atoms with Crippen molar-refractivity contribution >= 4 is 5.91 Å². The van der Waals surface area contributed by atoms with Gasteiger partial charge in [-0.25, -0.2) is 0 Å². The quantitative estimate of drug-likeness (QED) is 0.937.